The van der Waals surface area contributed by atoms with Crippen LogP contribution in [0.25, 0.3) is 0 Å². The first-order valence-corrected chi connectivity index (χ1v) is 13.0. The third-order valence-electron chi connectivity index (χ3n) is 7.14. The van der Waals surface area contributed by atoms with Gasteiger partial charge in [0.1, 0.15) is 11.4 Å². The van der Waals surface area contributed by atoms with Gasteiger partial charge in [0, 0.05) is 12.2 Å². The predicted octanol–water partition coefficient (Wildman–Crippen LogP) is 5.67. The van der Waals surface area contributed by atoms with Gasteiger partial charge in [-0.05, 0) is 79.6 Å². The molecule has 2 heterocycles. The number of oxime groups is 1. The van der Waals surface area contributed by atoms with Crippen molar-refractivity contribution in [1.82, 2.24) is 9.88 Å². The number of fused-ring (bicyclic) bond motifs is 1. The van der Waals surface area contributed by atoms with E-state index in [1.54, 1.807) is 14.2 Å². The molecule has 0 fully saturated rings. The van der Waals surface area contributed by atoms with Crippen molar-refractivity contribution < 1.29 is 19.8 Å². The molecule has 1 aliphatic rings. The van der Waals surface area contributed by atoms with E-state index in [-0.39, 0.29) is 11.8 Å². The minimum absolute atomic E-state index is 0.105. The molecular formula is C30H37N3O4. The van der Waals surface area contributed by atoms with Crippen molar-refractivity contribution >= 4 is 6.21 Å². The van der Waals surface area contributed by atoms with Gasteiger partial charge in [-0.2, -0.15) is 0 Å². The largest absolute Gasteiger partial charge is 0.505 e. The molecule has 1 aliphatic heterocycles. The van der Waals surface area contributed by atoms with Gasteiger partial charge in [0.25, 0.3) is 0 Å². The van der Waals surface area contributed by atoms with Gasteiger partial charge in [-0.25, -0.2) is 4.98 Å². The Balaban J connectivity index is 1.39. The van der Waals surface area contributed by atoms with E-state index in [1.165, 1.54) is 22.9 Å². The highest BCUT2D eigenvalue weighted by Crippen LogP contribution is 2.41. The number of nitrogens with zero attached hydrogens (tertiary/aromatic N) is 3. The number of hydrogen-bond acceptors (Lipinski definition) is 7. The number of aromatic hydroxyl groups is 1. The maximum absolute atomic E-state index is 10.4. The van der Waals surface area contributed by atoms with Crippen LogP contribution < -0.4 is 9.47 Å². The molecule has 0 spiro atoms. The lowest BCUT2D eigenvalue weighted by Crippen LogP contribution is -2.36. The maximum atomic E-state index is 10.4. The molecule has 7 nitrogen and oxygen atoms in total. The van der Waals surface area contributed by atoms with Gasteiger partial charge in [-0.15, -0.1) is 0 Å². The summed E-state index contributed by atoms with van der Waals surface area (Å²) in [5, 5.41) is 22.2. The molecule has 4 rings (SSSR count). The summed E-state index contributed by atoms with van der Waals surface area (Å²) in [6, 6.07) is 17.1. The highest BCUT2D eigenvalue weighted by atomic mass is 16.5. The van der Waals surface area contributed by atoms with Crippen molar-refractivity contribution in [1.29, 1.82) is 0 Å². The lowest BCUT2D eigenvalue weighted by atomic mass is 9.87. The van der Waals surface area contributed by atoms with Crippen LogP contribution in [0.3, 0.4) is 0 Å². The molecule has 1 unspecified atom stereocenters. The topological polar surface area (TPSA) is 87.4 Å². The Labute approximate surface area is 219 Å². The normalized spacial score (nSPS) is 15.6. The lowest BCUT2D eigenvalue weighted by Gasteiger charge is -2.38. The van der Waals surface area contributed by atoms with Crippen molar-refractivity contribution in [3.63, 3.8) is 0 Å². The molecule has 1 aromatic heterocycles. The van der Waals surface area contributed by atoms with E-state index in [9.17, 15) is 5.11 Å². The molecule has 3 aromatic rings. The number of ether oxygens (including phenoxy) is 2. The molecule has 196 valence electrons. The van der Waals surface area contributed by atoms with Crippen molar-refractivity contribution in [2.45, 2.75) is 51.5 Å². The van der Waals surface area contributed by atoms with Crippen molar-refractivity contribution in [2.24, 2.45) is 5.16 Å². The fourth-order valence-electron chi connectivity index (χ4n) is 5.34. The van der Waals surface area contributed by atoms with Crippen LogP contribution in [0, 0.1) is 6.92 Å². The zero-order chi connectivity index (χ0) is 26.2. The summed E-state index contributed by atoms with van der Waals surface area (Å²) in [5.74, 6) is 1.66. The number of pyridine rings is 1. The van der Waals surface area contributed by atoms with Crippen LogP contribution in [0.4, 0.5) is 0 Å². The Kier molecular flexibility index (Phi) is 9.01. The van der Waals surface area contributed by atoms with Gasteiger partial charge >= 0.3 is 0 Å². The number of benzene rings is 2. The fraction of sp³-hybridized carbons (Fsp3) is 0.400. The Morgan fingerprint density at radius 3 is 2.49 bits per heavy atom. The molecule has 0 saturated carbocycles. The highest BCUT2D eigenvalue weighted by Gasteiger charge is 2.30. The third-order valence-corrected chi connectivity index (χ3v) is 7.14. The summed E-state index contributed by atoms with van der Waals surface area (Å²) < 4.78 is 11.2. The van der Waals surface area contributed by atoms with Crippen LogP contribution in [0.15, 0.2) is 53.7 Å². The highest BCUT2D eigenvalue weighted by molar-refractivity contribution is 5.81. The number of aromatic nitrogens is 1. The smallest absolute Gasteiger partial charge is 0.161 e. The lowest BCUT2D eigenvalue weighted by molar-refractivity contribution is 0.207. The molecule has 2 N–H and O–H groups in total. The summed E-state index contributed by atoms with van der Waals surface area (Å²) in [7, 11) is 3.38. The van der Waals surface area contributed by atoms with Crippen molar-refractivity contribution in [2.75, 3.05) is 27.3 Å². The number of unbranched alkanes of at least 4 members (excludes halogenated alkanes) is 3. The molecule has 7 heteroatoms. The second kappa shape index (κ2) is 12.6. The molecule has 0 amide bonds. The van der Waals surface area contributed by atoms with Crippen molar-refractivity contribution in [3.8, 4) is 17.2 Å². The quantitative estimate of drug-likeness (QED) is 0.152. The zero-order valence-electron chi connectivity index (χ0n) is 22.0. The summed E-state index contributed by atoms with van der Waals surface area (Å²) in [6.07, 6.45) is 7.22. The summed E-state index contributed by atoms with van der Waals surface area (Å²) >= 11 is 0. The van der Waals surface area contributed by atoms with E-state index in [0.29, 0.717) is 5.69 Å². The second-order valence-corrected chi connectivity index (χ2v) is 9.57. The fourth-order valence-corrected chi connectivity index (χ4v) is 5.34. The van der Waals surface area contributed by atoms with Gasteiger partial charge in [-0.1, -0.05) is 48.3 Å². The molecule has 0 radical (unpaired) electrons. The standard InChI is InChI=1S/C30H37N3O4/c1-21-17-24(30(34)26(32-21)20-31-35)13-7-4-5-10-15-33-16-14-23-18-27(36-2)28(37-3)19-25(23)29(33)22-11-8-6-9-12-22/h6,8-9,11-12,17-20,29,34-35H,4-5,7,10,13-16H2,1-3H3/b31-20+. The number of aryl methyl sites for hydroxylation is 2. The average molecular weight is 504 g/mol. The van der Waals surface area contributed by atoms with E-state index in [2.05, 4.69) is 57.5 Å². The average Bonchev–Trinajstić information content (AvgIpc) is 2.92. The van der Waals surface area contributed by atoms with Crippen LogP contribution in [-0.4, -0.2) is 53.7 Å². The van der Waals surface area contributed by atoms with Gasteiger partial charge < -0.3 is 19.8 Å². The first kappa shape index (κ1) is 26.5. The molecule has 0 aliphatic carbocycles. The zero-order valence-corrected chi connectivity index (χ0v) is 22.0. The van der Waals surface area contributed by atoms with E-state index < -0.39 is 0 Å². The minimum Gasteiger partial charge on any atom is -0.505 e. The monoisotopic (exact) mass is 503 g/mol. The van der Waals surface area contributed by atoms with Gasteiger partial charge in [0.2, 0.25) is 0 Å². The summed E-state index contributed by atoms with van der Waals surface area (Å²) in [6.45, 7) is 3.90. The summed E-state index contributed by atoms with van der Waals surface area (Å²) in [4.78, 5) is 6.81. The van der Waals surface area contributed by atoms with Crippen LogP contribution in [-0.2, 0) is 12.8 Å². The molecular weight excluding hydrogens is 466 g/mol. The second-order valence-electron chi connectivity index (χ2n) is 9.57. The number of rotatable bonds is 11. The van der Waals surface area contributed by atoms with Crippen LogP contribution in [0.1, 0.15) is 65.4 Å². The van der Waals surface area contributed by atoms with Crippen LogP contribution in [0.5, 0.6) is 17.2 Å². The Morgan fingerprint density at radius 1 is 1.03 bits per heavy atom. The van der Waals surface area contributed by atoms with Gasteiger partial charge in [-0.3, -0.25) is 4.90 Å². The molecule has 1 atom stereocenters. The first-order chi connectivity index (χ1) is 18.0. The Morgan fingerprint density at radius 2 is 1.76 bits per heavy atom. The molecule has 37 heavy (non-hydrogen) atoms. The van der Waals surface area contributed by atoms with E-state index in [4.69, 9.17) is 14.7 Å². The van der Waals surface area contributed by atoms with E-state index >= 15 is 0 Å². The number of methoxy groups -OCH3 is 2. The minimum atomic E-state index is 0.105. The van der Waals surface area contributed by atoms with Crippen LogP contribution >= 0.6 is 0 Å². The maximum Gasteiger partial charge on any atom is 0.161 e. The van der Waals surface area contributed by atoms with Crippen molar-refractivity contribution in [3.05, 3.63) is 82.2 Å². The van der Waals surface area contributed by atoms with E-state index in [0.717, 1.165) is 74.4 Å². The molecule has 0 saturated heterocycles. The Bertz CT molecular complexity index is 1210. The Hall–Kier alpha value is -3.58. The molecule has 2 aromatic carbocycles. The SMILES string of the molecule is COc1cc2c(cc1OC)C(c1ccccc1)N(CCCCCCc1cc(C)nc(/C=N/O)c1O)CC2. The van der Waals surface area contributed by atoms with Gasteiger partial charge in [0.05, 0.1) is 26.5 Å². The van der Waals surface area contributed by atoms with Crippen LogP contribution in [0.2, 0.25) is 0 Å². The predicted molar refractivity (Wildman–Crippen MR) is 145 cm³/mol. The van der Waals surface area contributed by atoms with E-state index in [1.807, 2.05) is 13.0 Å². The number of hydrogen-bond donors (Lipinski definition) is 2. The molecule has 0 bridgehead atoms. The first-order valence-electron chi connectivity index (χ1n) is 13.0. The van der Waals surface area contributed by atoms with Gasteiger partial charge in [0.15, 0.2) is 11.5 Å². The third kappa shape index (κ3) is 6.23. The summed E-state index contributed by atoms with van der Waals surface area (Å²) in [5.41, 5.74) is 5.87.